The smallest absolute Gasteiger partial charge is 0.235 e. The highest BCUT2D eigenvalue weighted by Gasteiger charge is 2.29. The van der Waals surface area contributed by atoms with Gasteiger partial charge in [-0.3, -0.25) is 4.79 Å². The van der Waals surface area contributed by atoms with Gasteiger partial charge in [-0.15, -0.1) is 0 Å². The lowest BCUT2D eigenvalue weighted by atomic mass is 10.2. The molecule has 1 fully saturated rings. The highest BCUT2D eigenvalue weighted by molar-refractivity contribution is 7.91. The van der Waals surface area contributed by atoms with Gasteiger partial charge in [0, 0.05) is 12.6 Å². The predicted molar refractivity (Wildman–Crippen MR) is 76.5 cm³/mol. The Morgan fingerprint density at radius 3 is 2.50 bits per heavy atom. The molecule has 9 heteroatoms. The Morgan fingerprint density at radius 2 is 2.05 bits per heavy atom. The summed E-state index contributed by atoms with van der Waals surface area (Å²) in [6, 6.07) is -0.403. The standard InChI is InChI=1S/C11H22N2O5S2/c1-3-4-6-13(19(2,15)16)8-11(14)12-10-5-7-20(17,18)9-10/h10H,3-9H2,1-2H3,(H,12,14). The van der Waals surface area contributed by atoms with Crippen molar-refractivity contribution in [1.82, 2.24) is 9.62 Å². The zero-order valence-electron chi connectivity index (χ0n) is 11.8. The minimum atomic E-state index is -3.43. The van der Waals surface area contributed by atoms with Gasteiger partial charge in [0.15, 0.2) is 9.84 Å². The van der Waals surface area contributed by atoms with E-state index in [4.69, 9.17) is 0 Å². The number of hydrogen-bond donors (Lipinski definition) is 1. The maximum Gasteiger partial charge on any atom is 0.235 e. The molecule has 1 saturated heterocycles. The maximum atomic E-state index is 11.8. The van der Waals surface area contributed by atoms with Crippen LogP contribution in [0.2, 0.25) is 0 Å². The molecular formula is C11H22N2O5S2. The van der Waals surface area contributed by atoms with E-state index in [2.05, 4.69) is 5.32 Å². The van der Waals surface area contributed by atoms with Crippen LogP contribution in [0, 0.1) is 0 Å². The van der Waals surface area contributed by atoms with Crippen LogP contribution in [-0.2, 0) is 24.7 Å². The molecule has 0 bridgehead atoms. The van der Waals surface area contributed by atoms with Crippen molar-refractivity contribution in [3.63, 3.8) is 0 Å². The first-order valence-corrected chi connectivity index (χ1v) is 10.3. The average molecular weight is 326 g/mol. The van der Waals surface area contributed by atoms with Crippen LogP contribution in [0.4, 0.5) is 0 Å². The highest BCUT2D eigenvalue weighted by atomic mass is 32.2. The highest BCUT2D eigenvalue weighted by Crippen LogP contribution is 2.11. The SMILES string of the molecule is CCCCN(CC(=O)NC1CCS(=O)(=O)C1)S(C)(=O)=O. The van der Waals surface area contributed by atoms with Crippen LogP contribution in [0.5, 0.6) is 0 Å². The minimum absolute atomic E-state index is 0.0629. The number of sulfonamides is 1. The number of sulfone groups is 1. The van der Waals surface area contributed by atoms with Gasteiger partial charge in [-0.05, 0) is 12.8 Å². The summed E-state index contributed by atoms with van der Waals surface area (Å²) in [5.74, 6) is -0.440. The van der Waals surface area contributed by atoms with Crippen molar-refractivity contribution >= 4 is 25.8 Å². The summed E-state index contributed by atoms with van der Waals surface area (Å²) in [7, 11) is -6.49. The van der Waals surface area contributed by atoms with Crippen LogP contribution in [0.25, 0.3) is 0 Å². The van der Waals surface area contributed by atoms with Crippen molar-refractivity contribution in [2.24, 2.45) is 0 Å². The topological polar surface area (TPSA) is 101 Å². The lowest BCUT2D eigenvalue weighted by Gasteiger charge is -2.20. The average Bonchev–Trinajstić information content (AvgIpc) is 2.62. The summed E-state index contributed by atoms with van der Waals surface area (Å²) < 4.78 is 46.8. The molecule has 0 aromatic rings. The van der Waals surface area contributed by atoms with E-state index in [1.54, 1.807) is 0 Å². The van der Waals surface area contributed by atoms with Gasteiger partial charge in [0.2, 0.25) is 15.9 Å². The molecule has 1 aliphatic heterocycles. The van der Waals surface area contributed by atoms with Crippen molar-refractivity contribution in [2.75, 3.05) is 30.9 Å². The van der Waals surface area contributed by atoms with E-state index in [9.17, 15) is 21.6 Å². The van der Waals surface area contributed by atoms with E-state index >= 15 is 0 Å². The molecule has 0 radical (unpaired) electrons. The third-order valence-corrected chi connectivity index (χ3v) is 6.17. The Bertz CT molecular complexity index is 541. The normalized spacial score (nSPS) is 22.1. The van der Waals surface area contributed by atoms with E-state index in [0.717, 1.165) is 17.0 Å². The van der Waals surface area contributed by atoms with Crippen LogP contribution in [0.3, 0.4) is 0 Å². The number of rotatable bonds is 7. The Labute approximate surface area is 120 Å². The maximum absolute atomic E-state index is 11.8. The van der Waals surface area contributed by atoms with Crippen molar-refractivity contribution in [3.8, 4) is 0 Å². The fourth-order valence-corrected chi connectivity index (χ4v) is 4.52. The van der Waals surface area contributed by atoms with Crippen molar-refractivity contribution < 1.29 is 21.6 Å². The van der Waals surface area contributed by atoms with Gasteiger partial charge in [0.25, 0.3) is 0 Å². The zero-order chi connectivity index (χ0) is 15.4. The first-order chi connectivity index (χ1) is 9.14. The van der Waals surface area contributed by atoms with Crippen LogP contribution in [-0.4, -0.2) is 63.9 Å². The number of nitrogens with zero attached hydrogens (tertiary/aromatic N) is 1. The van der Waals surface area contributed by atoms with Gasteiger partial charge in [0.1, 0.15) is 0 Å². The van der Waals surface area contributed by atoms with Crippen LogP contribution in [0.15, 0.2) is 0 Å². The second-order valence-corrected chi connectivity index (χ2v) is 9.33. The lowest BCUT2D eigenvalue weighted by Crippen LogP contribution is -2.44. The molecule has 7 nitrogen and oxygen atoms in total. The number of unbranched alkanes of at least 4 members (excludes halogenated alkanes) is 1. The molecule has 1 rings (SSSR count). The Balaban J connectivity index is 2.54. The molecule has 0 aliphatic carbocycles. The Morgan fingerprint density at radius 1 is 1.40 bits per heavy atom. The predicted octanol–water partition coefficient (Wildman–Crippen LogP) is -0.649. The molecule has 1 N–H and O–H groups in total. The van der Waals surface area contributed by atoms with Crippen molar-refractivity contribution in [2.45, 2.75) is 32.2 Å². The second kappa shape index (κ2) is 6.86. The fraction of sp³-hybridized carbons (Fsp3) is 0.909. The summed E-state index contributed by atoms with van der Waals surface area (Å²) in [5.41, 5.74) is 0. The van der Waals surface area contributed by atoms with Crippen molar-refractivity contribution in [1.29, 1.82) is 0 Å². The first-order valence-electron chi connectivity index (χ1n) is 6.59. The van der Waals surface area contributed by atoms with E-state index in [1.807, 2.05) is 6.92 Å². The molecule has 1 atom stereocenters. The molecule has 1 aliphatic rings. The lowest BCUT2D eigenvalue weighted by molar-refractivity contribution is -0.121. The molecule has 0 spiro atoms. The van der Waals surface area contributed by atoms with Crippen LogP contribution in [0.1, 0.15) is 26.2 Å². The monoisotopic (exact) mass is 326 g/mol. The summed E-state index contributed by atoms with van der Waals surface area (Å²) in [6.45, 7) is 1.98. The molecular weight excluding hydrogens is 304 g/mol. The van der Waals surface area contributed by atoms with Gasteiger partial charge >= 0.3 is 0 Å². The van der Waals surface area contributed by atoms with Crippen molar-refractivity contribution in [3.05, 3.63) is 0 Å². The van der Waals surface area contributed by atoms with E-state index in [-0.39, 0.29) is 18.1 Å². The third-order valence-electron chi connectivity index (χ3n) is 3.15. The third kappa shape index (κ3) is 5.76. The fourth-order valence-electron chi connectivity index (χ4n) is 2.04. The molecule has 20 heavy (non-hydrogen) atoms. The minimum Gasteiger partial charge on any atom is -0.351 e. The Kier molecular flexibility index (Phi) is 5.96. The Hall–Kier alpha value is -0.670. The first kappa shape index (κ1) is 17.4. The quantitative estimate of drug-likeness (QED) is 0.670. The van der Waals surface area contributed by atoms with E-state index in [0.29, 0.717) is 19.4 Å². The second-order valence-electron chi connectivity index (χ2n) is 5.12. The summed E-state index contributed by atoms with van der Waals surface area (Å²) >= 11 is 0. The number of nitrogens with one attached hydrogen (secondary N) is 1. The van der Waals surface area contributed by atoms with Gasteiger partial charge in [-0.25, -0.2) is 16.8 Å². The largest absolute Gasteiger partial charge is 0.351 e. The van der Waals surface area contributed by atoms with Gasteiger partial charge in [-0.1, -0.05) is 13.3 Å². The van der Waals surface area contributed by atoms with Crippen LogP contribution < -0.4 is 5.32 Å². The molecule has 0 saturated carbocycles. The van der Waals surface area contributed by atoms with Gasteiger partial charge in [0.05, 0.1) is 24.3 Å². The summed E-state index contributed by atoms with van der Waals surface area (Å²) in [5, 5.41) is 2.59. The number of amides is 1. The molecule has 0 aromatic heterocycles. The van der Waals surface area contributed by atoms with Gasteiger partial charge in [-0.2, -0.15) is 4.31 Å². The van der Waals surface area contributed by atoms with Crippen LogP contribution >= 0.6 is 0 Å². The number of carbonyl (C=O) groups is 1. The zero-order valence-corrected chi connectivity index (χ0v) is 13.5. The number of hydrogen-bond acceptors (Lipinski definition) is 5. The summed E-state index contributed by atoms with van der Waals surface area (Å²) in [6.07, 6.45) is 2.96. The molecule has 1 unspecified atom stereocenters. The van der Waals surface area contributed by atoms with Gasteiger partial charge < -0.3 is 5.32 Å². The molecule has 1 amide bonds. The van der Waals surface area contributed by atoms with E-state index in [1.165, 1.54) is 0 Å². The number of carbonyl (C=O) groups excluding carboxylic acids is 1. The molecule has 1 heterocycles. The molecule has 118 valence electrons. The van der Waals surface area contributed by atoms with E-state index < -0.39 is 31.8 Å². The molecule has 0 aromatic carbocycles. The summed E-state index contributed by atoms with van der Waals surface area (Å²) in [4.78, 5) is 11.8.